The Kier molecular flexibility index (Phi) is 5.05. The van der Waals surface area contributed by atoms with Gasteiger partial charge in [0.1, 0.15) is 11.3 Å². The van der Waals surface area contributed by atoms with Crippen LogP contribution in [0, 0.1) is 0 Å². The molecule has 24 heavy (non-hydrogen) atoms. The van der Waals surface area contributed by atoms with Crippen molar-refractivity contribution < 1.29 is 5.11 Å². The van der Waals surface area contributed by atoms with Gasteiger partial charge in [-0.15, -0.1) is 24.0 Å². The Morgan fingerprint density at radius 2 is 2.25 bits per heavy atom. The molecule has 1 fully saturated rings. The molecule has 0 spiro atoms. The predicted octanol–water partition coefficient (Wildman–Crippen LogP) is 2.72. The Labute approximate surface area is 161 Å². The second kappa shape index (κ2) is 6.91. The first-order valence-corrected chi connectivity index (χ1v) is 7.86. The first kappa shape index (κ1) is 17.5. The lowest BCUT2D eigenvalue weighted by molar-refractivity contribution is 0.0409. The van der Waals surface area contributed by atoms with E-state index in [9.17, 15) is 5.11 Å². The summed E-state index contributed by atoms with van der Waals surface area (Å²) in [5.74, 6) is 0. The van der Waals surface area contributed by atoms with Gasteiger partial charge in [0.25, 0.3) is 0 Å². The molecule has 0 radical (unpaired) electrons. The molecule has 1 atom stereocenters. The number of aromatic nitrogens is 4. The third-order valence-corrected chi connectivity index (χ3v) is 4.58. The molecule has 3 heterocycles. The summed E-state index contributed by atoms with van der Waals surface area (Å²) in [6.07, 6.45) is 4.00. The molecule has 8 heteroatoms. The number of hydrogen-bond acceptors (Lipinski definition) is 5. The minimum atomic E-state index is -0.950. The second-order valence-corrected chi connectivity index (χ2v) is 6.42. The normalized spacial score (nSPS) is 21.1. The van der Waals surface area contributed by atoms with E-state index in [1.807, 2.05) is 24.3 Å². The van der Waals surface area contributed by atoms with Crippen molar-refractivity contribution in [1.82, 2.24) is 25.3 Å². The number of halogens is 2. The van der Waals surface area contributed by atoms with E-state index in [-0.39, 0.29) is 24.0 Å². The summed E-state index contributed by atoms with van der Waals surface area (Å²) in [4.78, 5) is 6.66. The smallest absolute Gasteiger partial charge is 0.124 e. The van der Waals surface area contributed by atoms with Gasteiger partial charge in [0.15, 0.2) is 0 Å². The van der Waals surface area contributed by atoms with E-state index in [0.717, 1.165) is 23.0 Å². The van der Waals surface area contributed by atoms with E-state index in [2.05, 4.69) is 25.3 Å². The summed E-state index contributed by atoms with van der Waals surface area (Å²) >= 11 is 6.23. The number of nitrogens with one attached hydrogen (secondary N) is 1. The molecule has 1 aromatic carbocycles. The highest BCUT2D eigenvalue weighted by molar-refractivity contribution is 14.0. The summed E-state index contributed by atoms with van der Waals surface area (Å²) in [5, 5.41) is 22.9. The Morgan fingerprint density at radius 1 is 1.38 bits per heavy atom. The van der Waals surface area contributed by atoms with E-state index < -0.39 is 5.60 Å². The zero-order chi connectivity index (χ0) is 15.9. The monoisotopic (exact) mass is 457 g/mol. The number of aliphatic hydroxyl groups is 1. The zero-order valence-electron chi connectivity index (χ0n) is 12.8. The number of benzene rings is 1. The SMILES string of the molecule is I.OC1(c2cn[nH]n2)CCN(Cc2cc(Cl)cc3cccnc23)C1. The minimum absolute atomic E-state index is 0. The number of hydrogen-bond donors (Lipinski definition) is 2. The van der Waals surface area contributed by atoms with Crippen LogP contribution in [0.15, 0.2) is 36.7 Å². The first-order chi connectivity index (χ1) is 11.1. The van der Waals surface area contributed by atoms with Crippen LogP contribution in [0.2, 0.25) is 5.02 Å². The van der Waals surface area contributed by atoms with Gasteiger partial charge in [0, 0.05) is 36.2 Å². The van der Waals surface area contributed by atoms with Crippen LogP contribution in [0.4, 0.5) is 0 Å². The molecule has 0 amide bonds. The van der Waals surface area contributed by atoms with Crippen LogP contribution in [0.3, 0.4) is 0 Å². The number of aromatic amines is 1. The lowest BCUT2D eigenvalue weighted by atomic mass is 10.00. The molecular formula is C16H17ClIN5O. The van der Waals surface area contributed by atoms with Gasteiger partial charge in [-0.1, -0.05) is 17.7 Å². The molecule has 3 aromatic rings. The fraction of sp³-hybridized carbons (Fsp3) is 0.312. The maximum atomic E-state index is 10.8. The van der Waals surface area contributed by atoms with E-state index in [0.29, 0.717) is 30.2 Å². The Morgan fingerprint density at radius 3 is 3.04 bits per heavy atom. The van der Waals surface area contributed by atoms with Gasteiger partial charge < -0.3 is 5.11 Å². The molecule has 1 aliphatic rings. The lowest BCUT2D eigenvalue weighted by Crippen LogP contribution is -2.31. The van der Waals surface area contributed by atoms with Crippen molar-refractivity contribution in [3.63, 3.8) is 0 Å². The van der Waals surface area contributed by atoms with Crippen molar-refractivity contribution in [2.24, 2.45) is 0 Å². The molecule has 126 valence electrons. The molecule has 1 saturated heterocycles. The molecular weight excluding hydrogens is 441 g/mol. The number of likely N-dealkylation sites (tertiary alicyclic amines) is 1. The van der Waals surface area contributed by atoms with Crippen LogP contribution in [-0.4, -0.2) is 43.5 Å². The van der Waals surface area contributed by atoms with Crippen molar-refractivity contribution in [1.29, 1.82) is 0 Å². The minimum Gasteiger partial charge on any atom is -0.382 e. The number of rotatable bonds is 3. The maximum Gasteiger partial charge on any atom is 0.124 e. The fourth-order valence-corrected chi connectivity index (χ4v) is 3.48. The molecule has 4 rings (SSSR count). The molecule has 0 bridgehead atoms. The average molecular weight is 458 g/mol. The van der Waals surface area contributed by atoms with Crippen molar-refractivity contribution >= 4 is 46.5 Å². The molecule has 2 N–H and O–H groups in total. The zero-order valence-corrected chi connectivity index (χ0v) is 15.9. The van der Waals surface area contributed by atoms with Crippen LogP contribution in [0.5, 0.6) is 0 Å². The highest BCUT2D eigenvalue weighted by Crippen LogP contribution is 2.32. The van der Waals surface area contributed by atoms with Gasteiger partial charge in [0.05, 0.1) is 11.7 Å². The number of H-pyrrole nitrogens is 1. The third kappa shape index (κ3) is 3.26. The maximum absolute atomic E-state index is 10.8. The van der Waals surface area contributed by atoms with Gasteiger partial charge in [-0.2, -0.15) is 15.4 Å². The number of β-amino-alcohol motifs (C(OH)–C–C–N with tert-alkyl or cyclic N) is 1. The van der Waals surface area contributed by atoms with Gasteiger partial charge >= 0.3 is 0 Å². The van der Waals surface area contributed by atoms with Crippen LogP contribution in [0.25, 0.3) is 10.9 Å². The van der Waals surface area contributed by atoms with E-state index in [1.54, 1.807) is 12.4 Å². The molecule has 1 aliphatic heterocycles. The Hall–Kier alpha value is -1.29. The second-order valence-electron chi connectivity index (χ2n) is 5.99. The topological polar surface area (TPSA) is 77.9 Å². The van der Waals surface area contributed by atoms with Crippen molar-refractivity contribution in [3.8, 4) is 0 Å². The quantitative estimate of drug-likeness (QED) is 0.592. The average Bonchev–Trinajstić information content (AvgIpc) is 3.18. The van der Waals surface area contributed by atoms with E-state index in [4.69, 9.17) is 11.6 Å². The predicted molar refractivity (Wildman–Crippen MR) is 102 cm³/mol. The lowest BCUT2D eigenvalue weighted by Gasteiger charge is -2.21. The van der Waals surface area contributed by atoms with E-state index in [1.165, 1.54) is 0 Å². The van der Waals surface area contributed by atoms with Crippen molar-refractivity contribution in [2.45, 2.75) is 18.6 Å². The molecule has 0 saturated carbocycles. The van der Waals surface area contributed by atoms with Gasteiger partial charge in [-0.05, 0) is 30.2 Å². The summed E-state index contributed by atoms with van der Waals surface area (Å²) in [6, 6.07) is 7.78. The number of nitrogens with zero attached hydrogens (tertiary/aromatic N) is 4. The third-order valence-electron chi connectivity index (χ3n) is 4.36. The van der Waals surface area contributed by atoms with Crippen LogP contribution in [-0.2, 0) is 12.1 Å². The van der Waals surface area contributed by atoms with Gasteiger partial charge in [0.2, 0.25) is 0 Å². The highest BCUT2D eigenvalue weighted by Gasteiger charge is 2.39. The van der Waals surface area contributed by atoms with Crippen LogP contribution in [0.1, 0.15) is 17.7 Å². The molecule has 6 nitrogen and oxygen atoms in total. The molecule has 1 unspecified atom stereocenters. The van der Waals surface area contributed by atoms with Crippen molar-refractivity contribution in [3.05, 3.63) is 52.9 Å². The summed E-state index contributed by atoms with van der Waals surface area (Å²) in [6.45, 7) is 1.98. The van der Waals surface area contributed by atoms with Crippen molar-refractivity contribution in [2.75, 3.05) is 13.1 Å². The standard InChI is InChI=1S/C16H16ClN5O.HI/c17-13-6-11-2-1-4-18-15(11)12(7-13)9-22-5-3-16(23,10-22)14-8-19-21-20-14;/h1-2,4,6-8,23H,3,5,9-10H2,(H,19,20,21);1H. The first-order valence-electron chi connectivity index (χ1n) is 7.48. The van der Waals surface area contributed by atoms with Gasteiger partial charge in [-0.25, -0.2) is 0 Å². The number of fused-ring (bicyclic) bond motifs is 1. The summed E-state index contributed by atoms with van der Waals surface area (Å²) < 4.78 is 0. The molecule has 2 aromatic heterocycles. The fourth-order valence-electron chi connectivity index (χ4n) is 3.23. The molecule has 0 aliphatic carbocycles. The van der Waals surface area contributed by atoms with Crippen LogP contribution >= 0.6 is 35.6 Å². The highest BCUT2D eigenvalue weighted by atomic mass is 127. The van der Waals surface area contributed by atoms with Crippen LogP contribution < -0.4 is 0 Å². The Bertz CT molecular complexity index is 844. The summed E-state index contributed by atoms with van der Waals surface area (Å²) in [5.41, 5.74) is 1.66. The largest absolute Gasteiger partial charge is 0.382 e. The Balaban J connectivity index is 0.00000169. The number of pyridine rings is 1. The summed E-state index contributed by atoms with van der Waals surface area (Å²) in [7, 11) is 0. The van der Waals surface area contributed by atoms with Gasteiger partial charge in [-0.3, -0.25) is 9.88 Å². The van der Waals surface area contributed by atoms with E-state index >= 15 is 0 Å².